The Labute approximate surface area is 180 Å². The fourth-order valence-electron chi connectivity index (χ4n) is 3.53. The molecule has 0 saturated carbocycles. The van der Waals surface area contributed by atoms with Gasteiger partial charge in [0.05, 0.1) is 12.0 Å². The van der Waals surface area contributed by atoms with Crippen molar-refractivity contribution in [2.45, 2.75) is 25.8 Å². The van der Waals surface area contributed by atoms with Gasteiger partial charge in [-0.05, 0) is 43.5 Å². The topological polar surface area (TPSA) is 56.2 Å². The molecule has 0 bridgehead atoms. The lowest BCUT2D eigenvalue weighted by Gasteiger charge is -2.13. The van der Waals surface area contributed by atoms with E-state index in [4.69, 9.17) is 4.74 Å². The van der Waals surface area contributed by atoms with Crippen molar-refractivity contribution < 1.29 is 9.53 Å². The van der Waals surface area contributed by atoms with Crippen molar-refractivity contribution in [1.82, 2.24) is 15.1 Å². The molecular weight excluding hydrogens is 394 g/mol. The average Bonchev–Trinajstić information content (AvgIpc) is 3.34. The Kier molecular flexibility index (Phi) is 5.86. The Morgan fingerprint density at radius 1 is 1.17 bits per heavy atom. The van der Waals surface area contributed by atoms with E-state index in [0.717, 1.165) is 40.1 Å². The molecule has 1 N–H and O–H groups in total. The van der Waals surface area contributed by atoms with Crippen molar-refractivity contribution in [1.29, 1.82) is 0 Å². The summed E-state index contributed by atoms with van der Waals surface area (Å²) in [6.07, 6.45) is 1.84. The molecule has 0 aliphatic carbocycles. The van der Waals surface area contributed by atoms with Crippen molar-refractivity contribution in [3.63, 3.8) is 0 Å². The lowest BCUT2D eigenvalue weighted by molar-refractivity contribution is 0.0942. The molecule has 0 spiro atoms. The fraction of sp³-hybridized carbons (Fsp3) is 0.250. The molecule has 4 rings (SSSR count). The summed E-state index contributed by atoms with van der Waals surface area (Å²) >= 11 is 1.47. The SMILES string of the molecule is COc1cccc(-c2nn(C)c3sc(C(=O)NC(C)CCc4ccccc4)cc23)c1. The van der Waals surface area contributed by atoms with E-state index in [0.29, 0.717) is 4.88 Å². The Balaban J connectivity index is 1.51. The maximum absolute atomic E-state index is 12.8. The smallest absolute Gasteiger partial charge is 0.261 e. The number of ether oxygens (including phenoxy) is 1. The Morgan fingerprint density at radius 3 is 2.73 bits per heavy atom. The Bertz CT molecular complexity index is 1160. The Morgan fingerprint density at radius 2 is 1.97 bits per heavy atom. The van der Waals surface area contributed by atoms with Gasteiger partial charge in [0.15, 0.2) is 0 Å². The summed E-state index contributed by atoms with van der Waals surface area (Å²) < 4.78 is 7.18. The van der Waals surface area contributed by atoms with Crippen LogP contribution in [0.2, 0.25) is 0 Å². The van der Waals surface area contributed by atoms with Crippen molar-refractivity contribution in [2.75, 3.05) is 7.11 Å². The van der Waals surface area contributed by atoms with Crippen LogP contribution >= 0.6 is 11.3 Å². The molecule has 1 unspecified atom stereocenters. The molecule has 2 aromatic carbocycles. The van der Waals surface area contributed by atoms with Crippen LogP contribution in [0.15, 0.2) is 60.7 Å². The van der Waals surface area contributed by atoms with E-state index in [1.807, 2.05) is 60.3 Å². The third-order valence-corrected chi connectivity index (χ3v) is 6.37. The van der Waals surface area contributed by atoms with E-state index in [1.165, 1.54) is 16.9 Å². The van der Waals surface area contributed by atoms with E-state index in [-0.39, 0.29) is 11.9 Å². The predicted octanol–water partition coefficient (Wildman–Crippen LogP) is 5.06. The molecule has 0 aliphatic heterocycles. The first-order chi connectivity index (χ1) is 14.5. The number of nitrogens with zero attached hydrogens (tertiary/aromatic N) is 2. The van der Waals surface area contributed by atoms with E-state index >= 15 is 0 Å². The van der Waals surface area contributed by atoms with Crippen LogP contribution < -0.4 is 10.1 Å². The number of fused-ring (bicyclic) bond motifs is 1. The second-order valence-electron chi connectivity index (χ2n) is 7.43. The van der Waals surface area contributed by atoms with E-state index in [1.54, 1.807) is 7.11 Å². The molecule has 0 radical (unpaired) electrons. The first-order valence-corrected chi connectivity index (χ1v) is 10.8. The van der Waals surface area contributed by atoms with E-state index in [9.17, 15) is 4.79 Å². The van der Waals surface area contributed by atoms with Crippen molar-refractivity contribution >= 4 is 27.5 Å². The molecular formula is C24H25N3O2S. The largest absolute Gasteiger partial charge is 0.497 e. The van der Waals surface area contributed by atoms with Gasteiger partial charge in [0.1, 0.15) is 16.3 Å². The standard InChI is InChI=1S/C24H25N3O2S/c1-16(12-13-17-8-5-4-6-9-17)25-23(28)21-15-20-22(26-27(2)24(20)30-21)18-10-7-11-19(14-18)29-3/h4-11,14-16H,12-13H2,1-3H3,(H,25,28). The molecule has 0 fully saturated rings. The maximum atomic E-state index is 12.8. The summed E-state index contributed by atoms with van der Waals surface area (Å²) in [5, 5.41) is 8.78. The second kappa shape index (κ2) is 8.71. The molecule has 2 aromatic heterocycles. The van der Waals surface area contributed by atoms with Crippen LogP contribution in [0.5, 0.6) is 5.75 Å². The number of aryl methyl sites for hydroxylation is 2. The molecule has 154 valence electrons. The molecule has 30 heavy (non-hydrogen) atoms. The number of hydrogen-bond acceptors (Lipinski definition) is 4. The molecule has 1 amide bonds. The maximum Gasteiger partial charge on any atom is 0.261 e. The molecule has 4 aromatic rings. The number of thiophene rings is 1. The zero-order chi connectivity index (χ0) is 21.1. The zero-order valence-electron chi connectivity index (χ0n) is 17.4. The first-order valence-electron chi connectivity index (χ1n) is 10.0. The molecule has 2 heterocycles. The minimum atomic E-state index is -0.0339. The highest BCUT2D eigenvalue weighted by Gasteiger charge is 2.19. The highest BCUT2D eigenvalue weighted by atomic mass is 32.1. The summed E-state index contributed by atoms with van der Waals surface area (Å²) in [5.74, 6) is 0.750. The number of aromatic nitrogens is 2. The lowest BCUT2D eigenvalue weighted by Crippen LogP contribution is -2.32. The van der Waals surface area contributed by atoms with Crippen molar-refractivity contribution in [3.05, 3.63) is 71.1 Å². The van der Waals surface area contributed by atoms with Gasteiger partial charge in [0, 0.05) is 24.0 Å². The van der Waals surface area contributed by atoms with Crippen molar-refractivity contribution in [2.24, 2.45) is 7.05 Å². The summed E-state index contributed by atoms with van der Waals surface area (Å²) in [7, 11) is 3.56. The van der Waals surface area contributed by atoms with Gasteiger partial charge in [-0.1, -0.05) is 42.5 Å². The highest BCUT2D eigenvalue weighted by Crippen LogP contribution is 2.34. The predicted molar refractivity (Wildman–Crippen MR) is 122 cm³/mol. The number of benzene rings is 2. The summed E-state index contributed by atoms with van der Waals surface area (Å²) in [4.78, 5) is 14.5. The summed E-state index contributed by atoms with van der Waals surface area (Å²) in [5.41, 5.74) is 3.12. The monoisotopic (exact) mass is 419 g/mol. The van der Waals surface area contributed by atoms with E-state index in [2.05, 4.69) is 29.5 Å². The molecule has 0 aliphatic rings. The number of methoxy groups -OCH3 is 1. The number of carbonyl (C=O) groups is 1. The summed E-state index contributed by atoms with van der Waals surface area (Å²) in [6, 6.07) is 20.2. The van der Waals surface area contributed by atoms with Crippen LogP contribution in [0.25, 0.3) is 21.5 Å². The lowest BCUT2D eigenvalue weighted by atomic mass is 10.1. The molecule has 0 saturated heterocycles. The van der Waals surface area contributed by atoms with Crippen LogP contribution in [0.4, 0.5) is 0 Å². The van der Waals surface area contributed by atoms with Crippen LogP contribution in [0, 0.1) is 0 Å². The third kappa shape index (κ3) is 4.24. The quantitative estimate of drug-likeness (QED) is 0.455. The first kappa shape index (κ1) is 20.2. The van der Waals surface area contributed by atoms with Gasteiger partial charge >= 0.3 is 0 Å². The molecule has 1 atom stereocenters. The number of nitrogens with one attached hydrogen (secondary N) is 1. The number of carbonyl (C=O) groups excluding carboxylic acids is 1. The van der Waals surface area contributed by atoms with Crippen LogP contribution in [0.3, 0.4) is 0 Å². The van der Waals surface area contributed by atoms with Crippen molar-refractivity contribution in [3.8, 4) is 17.0 Å². The molecule has 6 heteroatoms. The number of amides is 1. The average molecular weight is 420 g/mol. The van der Waals surface area contributed by atoms with Gasteiger partial charge in [-0.2, -0.15) is 5.10 Å². The van der Waals surface area contributed by atoms with Gasteiger partial charge in [-0.25, -0.2) is 0 Å². The van der Waals surface area contributed by atoms with Gasteiger partial charge in [-0.3, -0.25) is 9.48 Å². The highest BCUT2D eigenvalue weighted by molar-refractivity contribution is 7.20. The van der Waals surface area contributed by atoms with Gasteiger partial charge in [-0.15, -0.1) is 11.3 Å². The van der Waals surface area contributed by atoms with Crippen LogP contribution in [-0.4, -0.2) is 28.8 Å². The molecule has 5 nitrogen and oxygen atoms in total. The van der Waals surface area contributed by atoms with Crippen LogP contribution in [0.1, 0.15) is 28.6 Å². The normalized spacial score (nSPS) is 12.1. The number of hydrogen-bond donors (Lipinski definition) is 1. The Hall–Kier alpha value is -3.12. The third-order valence-electron chi connectivity index (χ3n) is 5.16. The number of rotatable bonds is 7. The van der Waals surface area contributed by atoms with Crippen LogP contribution in [-0.2, 0) is 13.5 Å². The van der Waals surface area contributed by atoms with Gasteiger partial charge in [0.25, 0.3) is 5.91 Å². The van der Waals surface area contributed by atoms with E-state index < -0.39 is 0 Å². The second-order valence-corrected chi connectivity index (χ2v) is 8.46. The minimum absolute atomic E-state index is 0.0339. The van der Waals surface area contributed by atoms with Gasteiger partial charge in [0.2, 0.25) is 0 Å². The summed E-state index contributed by atoms with van der Waals surface area (Å²) in [6.45, 7) is 2.05. The fourth-order valence-corrected chi connectivity index (χ4v) is 4.51. The minimum Gasteiger partial charge on any atom is -0.497 e. The zero-order valence-corrected chi connectivity index (χ0v) is 18.2. The van der Waals surface area contributed by atoms with Gasteiger partial charge < -0.3 is 10.1 Å².